The molecular formula is C19H19NO7. The molecule has 0 bridgehead atoms. The Morgan fingerprint density at radius 2 is 1.74 bits per heavy atom. The number of allylic oxidation sites excluding steroid dienone is 1. The molecule has 8 heteroatoms. The molecule has 1 aliphatic heterocycles. The Bertz CT molecular complexity index is 863. The van der Waals surface area contributed by atoms with E-state index < -0.39 is 29.1 Å². The third-order valence-corrected chi connectivity index (χ3v) is 3.67. The Hall–Kier alpha value is -3.42. The Morgan fingerprint density at radius 1 is 1.11 bits per heavy atom. The molecule has 1 aliphatic rings. The van der Waals surface area contributed by atoms with Gasteiger partial charge in [-0.1, -0.05) is 6.92 Å². The average molecular weight is 373 g/mol. The van der Waals surface area contributed by atoms with Crippen LogP contribution in [0.25, 0.3) is 0 Å². The molecule has 8 nitrogen and oxygen atoms in total. The molecule has 1 heterocycles. The number of carbonyl (C=O) groups is 4. The Balaban J connectivity index is 2.25. The summed E-state index contributed by atoms with van der Waals surface area (Å²) in [4.78, 5) is 46.5. The van der Waals surface area contributed by atoms with Crippen molar-refractivity contribution in [1.29, 1.82) is 0 Å². The van der Waals surface area contributed by atoms with E-state index in [2.05, 4.69) is 10.1 Å². The van der Waals surface area contributed by atoms with E-state index >= 15 is 0 Å². The summed E-state index contributed by atoms with van der Waals surface area (Å²) in [5.74, 6) is -3.64. The fraction of sp³-hybridized carbons (Fsp3) is 0.263. The molecule has 2 rings (SSSR count). The third kappa shape index (κ3) is 4.60. The standard InChI is InChI=1S/C19H19NO7/c1-4-5-14(22)26-13-8-6-12(7-9-13)20-10(2)15-17(23)16(11(3)21)19(25)27-18(15)24/h6-9,20,23H,4-5H2,1-3H3/b15-10-. The van der Waals surface area contributed by atoms with Gasteiger partial charge in [0.2, 0.25) is 0 Å². The summed E-state index contributed by atoms with van der Waals surface area (Å²) >= 11 is 0. The van der Waals surface area contributed by atoms with Crippen LogP contribution in [-0.2, 0) is 23.9 Å². The van der Waals surface area contributed by atoms with E-state index in [1.54, 1.807) is 24.3 Å². The lowest BCUT2D eigenvalue weighted by molar-refractivity contribution is -0.155. The van der Waals surface area contributed by atoms with E-state index in [-0.39, 0.29) is 17.2 Å². The van der Waals surface area contributed by atoms with Crippen LogP contribution < -0.4 is 10.1 Å². The molecule has 2 N–H and O–H groups in total. The van der Waals surface area contributed by atoms with Gasteiger partial charge in [-0.3, -0.25) is 9.59 Å². The lowest BCUT2D eigenvalue weighted by atomic mass is 10.0. The van der Waals surface area contributed by atoms with Crippen molar-refractivity contribution in [2.45, 2.75) is 33.6 Å². The fourth-order valence-corrected chi connectivity index (χ4v) is 2.42. The van der Waals surface area contributed by atoms with Crippen molar-refractivity contribution in [2.24, 2.45) is 0 Å². The van der Waals surface area contributed by atoms with E-state index in [1.807, 2.05) is 6.92 Å². The quantitative estimate of drug-likeness (QED) is 0.257. The smallest absolute Gasteiger partial charge is 0.353 e. The molecule has 0 fully saturated rings. The summed E-state index contributed by atoms with van der Waals surface area (Å²) in [5, 5.41) is 13.0. The molecule has 0 aromatic heterocycles. The zero-order chi connectivity index (χ0) is 20.1. The van der Waals surface area contributed by atoms with Crippen LogP contribution in [0.1, 0.15) is 33.6 Å². The van der Waals surface area contributed by atoms with Gasteiger partial charge in [0.25, 0.3) is 0 Å². The van der Waals surface area contributed by atoms with Crippen molar-refractivity contribution in [3.63, 3.8) is 0 Å². The number of cyclic esters (lactones) is 2. The first-order chi connectivity index (χ1) is 12.7. The van der Waals surface area contributed by atoms with Crippen LogP contribution in [0.5, 0.6) is 5.75 Å². The normalized spacial score (nSPS) is 16.0. The molecule has 1 aromatic rings. The lowest BCUT2D eigenvalue weighted by Gasteiger charge is -2.18. The molecule has 0 radical (unpaired) electrons. The van der Waals surface area contributed by atoms with E-state index in [0.29, 0.717) is 24.3 Å². The molecule has 0 atom stereocenters. The van der Waals surface area contributed by atoms with Crippen molar-refractivity contribution >= 4 is 29.4 Å². The molecule has 0 spiro atoms. The largest absolute Gasteiger partial charge is 0.506 e. The van der Waals surface area contributed by atoms with E-state index in [4.69, 9.17) is 4.74 Å². The number of aliphatic hydroxyl groups excluding tert-OH is 1. The van der Waals surface area contributed by atoms with E-state index in [0.717, 1.165) is 6.92 Å². The second kappa shape index (κ2) is 8.31. The number of hydrogen-bond donors (Lipinski definition) is 2. The summed E-state index contributed by atoms with van der Waals surface area (Å²) < 4.78 is 9.66. The number of rotatable bonds is 6. The van der Waals surface area contributed by atoms with Crippen LogP contribution in [0.2, 0.25) is 0 Å². The Morgan fingerprint density at radius 3 is 2.30 bits per heavy atom. The second-order valence-electron chi connectivity index (χ2n) is 5.83. The van der Waals surface area contributed by atoms with Gasteiger partial charge in [-0.2, -0.15) is 0 Å². The van der Waals surface area contributed by atoms with Gasteiger partial charge < -0.3 is 19.9 Å². The van der Waals surface area contributed by atoms with Crippen LogP contribution in [0.4, 0.5) is 5.69 Å². The van der Waals surface area contributed by atoms with Crippen LogP contribution in [-0.4, -0.2) is 28.8 Å². The molecule has 0 saturated carbocycles. The van der Waals surface area contributed by atoms with Crippen molar-refractivity contribution in [1.82, 2.24) is 0 Å². The highest BCUT2D eigenvalue weighted by atomic mass is 16.6. The van der Waals surface area contributed by atoms with Crippen LogP contribution in [0.15, 0.2) is 46.9 Å². The Kier molecular flexibility index (Phi) is 6.12. The minimum absolute atomic E-state index is 0.180. The molecule has 1 aromatic carbocycles. The number of benzene rings is 1. The molecule has 142 valence electrons. The number of Topliss-reactive ketones (excluding diaryl/α,β-unsaturated/α-hetero) is 1. The van der Waals surface area contributed by atoms with Crippen LogP contribution in [0, 0.1) is 0 Å². The van der Waals surface area contributed by atoms with Crippen molar-refractivity contribution < 1.29 is 33.8 Å². The fourth-order valence-electron chi connectivity index (χ4n) is 2.42. The maximum absolute atomic E-state index is 11.9. The Labute approximate surface area is 155 Å². The zero-order valence-electron chi connectivity index (χ0n) is 15.1. The van der Waals surface area contributed by atoms with Crippen LogP contribution >= 0.6 is 0 Å². The van der Waals surface area contributed by atoms with Crippen molar-refractivity contribution in [2.75, 3.05) is 5.32 Å². The van der Waals surface area contributed by atoms with Gasteiger partial charge in [0.05, 0.1) is 0 Å². The maximum Gasteiger partial charge on any atom is 0.353 e. The number of ketones is 1. The van der Waals surface area contributed by atoms with Gasteiger partial charge >= 0.3 is 17.9 Å². The number of esters is 3. The van der Waals surface area contributed by atoms with Gasteiger partial charge in [-0.15, -0.1) is 0 Å². The first-order valence-electron chi connectivity index (χ1n) is 8.24. The summed E-state index contributed by atoms with van der Waals surface area (Å²) in [7, 11) is 0. The summed E-state index contributed by atoms with van der Waals surface area (Å²) in [5.41, 5.74) is -0.182. The number of hydrogen-bond acceptors (Lipinski definition) is 8. The minimum atomic E-state index is -1.18. The predicted octanol–water partition coefficient (Wildman–Crippen LogP) is 2.56. The van der Waals surface area contributed by atoms with E-state index in [9.17, 15) is 24.3 Å². The highest BCUT2D eigenvalue weighted by molar-refractivity contribution is 6.23. The third-order valence-electron chi connectivity index (χ3n) is 3.67. The highest BCUT2D eigenvalue weighted by Gasteiger charge is 2.36. The van der Waals surface area contributed by atoms with Gasteiger partial charge in [0.1, 0.15) is 22.7 Å². The number of anilines is 1. The van der Waals surface area contributed by atoms with Gasteiger partial charge in [0.15, 0.2) is 5.78 Å². The molecule has 0 aliphatic carbocycles. The second-order valence-corrected chi connectivity index (χ2v) is 5.83. The monoisotopic (exact) mass is 373 g/mol. The average Bonchev–Trinajstić information content (AvgIpc) is 2.55. The summed E-state index contributed by atoms with van der Waals surface area (Å²) in [6, 6.07) is 6.33. The minimum Gasteiger partial charge on any atom is -0.506 e. The zero-order valence-corrected chi connectivity index (χ0v) is 15.1. The number of nitrogens with one attached hydrogen (secondary N) is 1. The first kappa shape index (κ1) is 19.9. The molecule has 0 amide bonds. The van der Waals surface area contributed by atoms with Gasteiger partial charge in [0, 0.05) is 17.8 Å². The SMILES string of the molecule is CCCC(=O)Oc1ccc(N/C(C)=C2\C(=O)OC(=O)C(C(C)=O)=C2O)cc1. The van der Waals surface area contributed by atoms with Gasteiger partial charge in [-0.05, 0) is 44.5 Å². The lowest BCUT2D eigenvalue weighted by Crippen LogP contribution is -2.29. The molecule has 27 heavy (non-hydrogen) atoms. The number of aliphatic hydroxyl groups is 1. The van der Waals surface area contributed by atoms with E-state index in [1.165, 1.54) is 6.92 Å². The molecule has 0 saturated heterocycles. The van der Waals surface area contributed by atoms with Gasteiger partial charge in [-0.25, -0.2) is 9.59 Å². The summed E-state index contributed by atoms with van der Waals surface area (Å²) in [6.45, 7) is 4.44. The number of ether oxygens (including phenoxy) is 2. The summed E-state index contributed by atoms with van der Waals surface area (Å²) in [6.07, 6.45) is 0.999. The molecular weight excluding hydrogens is 354 g/mol. The van der Waals surface area contributed by atoms with Crippen molar-refractivity contribution in [3.8, 4) is 5.75 Å². The number of carbonyl (C=O) groups excluding carboxylic acids is 4. The van der Waals surface area contributed by atoms with Crippen LogP contribution in [0.3, 0.4) is 0 Å². The van der Waals surface area contributed by atoms with Crippen molar-refractivity contribution in [3.05, 3.63) is 46.9 Å². The maximum atomic E-state index is 11.9. The predicted molar refractivity (Wildman–Crippen MR) is 94.7 cm³/mol. The topological polar surface area (TPSA) is 119 Å². The highest BCUT2D eigenvalue weighted by Crippen LogP contribution is 2.26. The molecule has 0 unspecified atom stereocenters. The first-order valence-corrected chi connectivity index (χ1v) is 8.24.